The van der Waals surface area contributed by atoms with Crippen LogP contribution in [0.1, 0.15) is 0 Å². The summed E-state index contributed by atoms with van der Waals surface area (Å²) in [5.74, 6) is 1.79. The summed E-state index contributed by atoms with van der Waals surface area (Å²) in [7, 11) is 0. The quantitative estimate of drug-likeness (QED) is 0.154. The van der Waals surface area contributed by atoms with Gasteiger partial charge in [-0.05, 0) is 81.6 Å². The van der Waals surface area contributed by atoms with Crippen molar-refractivity contribution in [2.45, 2.75) is 0 Å². The number of rotatable bonds is 8. The number of furan rings is 1. The van der Waals surface area contributed by atoms with Crippen LogP contribution in [-0.2, 0) is 0 Å². The number of aromatic nitrogens is 3. The molecule has 0 amide bonds. The fraction of sp³-hybridized carbons (Fsp3) is 0. The highest BCUT2D eigenvalue weighted by atomic mass is 16.3. The molecule has 9 aromatic carbocycles. The normalized spacial score (nSPS) is 11.3. The van der Waals surface area contributed by atoms with Crippen molar-refractivity contribution in [1.29, 1.82) is 0 Å². The fourth-order valence-corrected chi connectivity index (χ4v) is 8.19. The van der Waals surface area contributed by atoms with Crippen LogP contribution in [-0.4, -0.2) is 15.0 Å². The Morgan fingerprint density at radius 3 is 1.57 bits per heavy atom. The number of nitrogens with zero attached hydrogens (tertiary/aromatic N) is 4. The van der Waals surface area contributed by atoms with Crippen LogP contribution in [0.25, 0.3) is 89.1 Å². The highest BCUT2D eigenvalue weighted by Crippen LogP contribution is 2.44. The average molecular weight is 769 g/mol. The molecule has 2 aromatic heterocycles. The van der Waals surface area contributed by atoms with Gasteiger partial charge in [-0.3, -0.25) is 0 Å². The zero-order valence-electron chi connectivity index (χ0n) is 32.5. The van der Waals surface area contributed by atoms with E-state index in [4.69, 9.17) is 19.4 Å². The first-order valence-corrected chi connectivity index (χ1v) is 20.1. The van der Waals surface area contributed by atoms with Crippen LogP contribution in [0.3, 0.4) is 0 Å². The third kappa shape index (κ3) is 6.45. The Morgan fingerprint density at radius 1 is 0.333 bits per heavy atom. The van der Waals surface area contributed by atoms with Crippen molar-refractivity contribution in [1.82, 2.24) is 15.0 Å². The second kappa shape index (κ2) is 15.0. The molecule has 0 saturated carbocycles. The molecule has 5 nitrogen and oxygen atoms in total. The van der Waals surface area contributed by atoms with Crippen molar-refractivity contribution in [3.8, 4) is 56.4 Å². The van der Waals surface area contributed by atoms with E-state index < -0.39 is 0 Å². The molecule has 0 aliphatic rings. The molecule has 5 heteroatoms. The average Bonchev–Trinajstić information content (AvgIpc) is 3.71. The fourth-order valence-electron chi connectivity index (χ4n) is 8.19. The highest BCUT2D eigenvalue weighted by Gasteiger charge is 2.21. The van der Waals surface area contributed by atoms with E-state index in [-0.39, 0.29) is 0 Å². The minimum atomic E-state index is 0.571. The van der Waals surface area contributed by atoms with Crippen molar-refractivity contribution in [3.05, 3.63) is 218 Å². The van der Waals surface area contributed by atoms with Gasteiger partial charge in [-0.15, -0.1) is 0 Å². The summed E-state index contributed by atoms with van der Waals surface area (Å²) in [5.41, 5.74) is 12.0. The van der Waals surface area contributed by atoms with Gasteiger partial charge in [0.2, 0.25) is 0 Å². The molecule has 0 aliphatic carbocycles. The van der Waals surface area contributed by atoms with Crippen molar-refractivity contribution in [3.63, 3.8) is 0 Å². The predicted octanol–water partition coefficient (Wildman–Crippen LogP) is 14.7. The van der Waals surface area contributed by atoms with Gasteiger partial charge in [0.05, 0.1) is 11.1 Å². The van der Waals surface area contributed by atoms with E-state index in [0.717, 1.165) is 77.6 Å². The Morgan fingerprint density at radius 2 is 0.850 bits per heavy atom. The number of hydrogen-bond donors (Lipinski definition) is 0. The molecule has 11 rings (SSSR count). The molecule has 11 aromatic rings. The van der Waals surface area contributed by atoms with Gasteiger partial charge in [0.15, 0.2) is 17.5 Å². The summed E-state index contributed by atoms with van der Waals surface area (Å²) in [6.45, 7) is 0. The maximum absolute atomic E-state index is 6.70. The van der Waals surface area contributed by atoms with Crippen LogP contribution in [0.5, 0.6) is 0 Å². The van der Waals surface area contributed by atoms with Crippen molar-refractivity contribution in [2.24, 2.45) is 0 Å². The molecule has 0 saturated heterocycles. The highest BCUT2D eigenvalue weighted by molar-refractivity contribution is 6.14. The molecule has 0 atom stereocenters. The van der Waals surface area contributed by atoms with E-state index in [9.17, 15) is 0 Å². The van der Waals surface area contributed by atoms with E-state index in [0.29, 0.717) is 17.5 Å². The van der Waals surface area contributed by atoms with Gasteiger partial charge in [-0.1, -0.05) is 170 Å². The van der Waals surface area contributed by atoms with Crippen LogP contribution in [0, 0.1) is 0 Å². The first kappa shape index (κ1) is 35.0. The van der Waals surface area contributed by atoms with Crippen LogP contribution in [0.4, 0.5) is 17.1 Å². The van der Waals surface area contributed by atoms with E-state index in [1.54, 1.807) is 0 Å². The predicted molar refractivity (Wildman–Crippen MR) is 246 cm³/mol. The van der Waals surface area contributed by atoms with Gasteiger partial charge >= 0.3 is 0 Å². The first-order valence-electron chi connectivity index (χ1n) is 20.1. The summed E-state index contributed by atoms with van der Waals surface area (Å²) >= 11 is 0. The SMILES string of the molecule is c1ccc(-c2ccc(-c3nc(-c4ccc5c(c4)oc4cccc(N(c6ccccc6)c6ccc(-c7ccccc7)cc6)c45)nc(-c4cccc5ccccc45)n3)cc2)cc1. The standard InChI is InChI=1S/C55H36N4O/c1-4-14-37(15-5-1)39-26-28-42(29-27-39)53-56-54(58-55(57-53)47-23-12-19-41-18-10-11-22-46(41)47)43-32-35-48-51(36-43)60-50-25-13-24-49(52(48)50)59(44-20-8-3-9-21-44)45-33-30-40(31-34-45)38-16-6-2-7-17-38/h1-36H. The Balaban J connectivity index is 1.04. The third-order valence-corrected chi connectivity index (χ3v) is 11.1. The zero-order chi connectivity index (χ0) is 39.8. The van der Waals surface area contributed by atoms with Gasteiger partial charge in [0.1, 0.15) is 11.2 Å². The summed E-state index contributed by atoms with van der Waals surface area (Å²) in [4.78, 5) is 17.7. The third-order valence-electron chi connectivity index (χ3n) is 11.1. The molecule has 60 heavy (non-hydrogen) atoms. The number of benzene rings is 9. The molecular weight excluding hydrogens is 733 g/mol. The molecule has 0 spiro atoms. The smallest absolute Gasteiger partial charge is 0.164 e. The zero-order valence-corrected chi connectivity index (χ0v) is 32.5. The lowest BCUT2D eigenvalue weighted by Crippen LogP contribution is -2.10. The van der Waals surface area contributed by atoms with E-state index in [1.165, 1.54) is 11.1 Å². The Hall–Kier alpha value is -8.15. The number of hydrogen-bond acceptors (Lipinski definition) is 5. The Labute approximate surface area is 347 Å². The minimum absolute atomic E-state index is 0.571. The largest absolute Gasteiger partial charge is 0.456 e. The summed E-state index contributed by atoms with van der Waals surface area (Å²) in [6, 6.07) is 75.7. The Bertz CT molecular complexity index is 3290. The van der Waals surface area contributed by atoms with Crippen molar-refractivity contribution < 1.29 is 4.42 Å². The molecule has 0 radical (unpaired) electrons. The lowest BCUT2D eigenvalue weighted by molar-refractivity contribution is 0.669. The maximum Gasteiger partial charge on any atom is 0.164 e. The first-order chi connectivity index (χ1) is 29.7. The summed E-state index contributed by atoms with van der Waals surface area (Å²) in [5, 5.41) is 4.25. The molecule has 2 heterocycles. The van der Waals surface area contributed by atoms with Crippen molar-refractivity contribution in [2.75, 3.05) is 4.90 Å². The molecule has 0 unspecified atom stereocenters. The monoisotopic (exact) mass is 768 g/mol. The van der Waals surface area contributed by atoms with Crippen molar-refractivity contribution >= 4 is 49.8 Å². The van der Waals surface area contributed by atoms with Gasteiger partial charge < -0.3 is 9.32 Å². The second-order valence-electron chi connectivity index (χ2n) is 14.8. The molecule has 0 aliphatic heterocycles. The molecule has 0 N–H and O–H groups in total. The van der Waals surface area contributed by atoms with E-state index in [1.807, 2.05) is 24.3 Å². The van der Waals surface area contributed by atoms with Gasteiger partial charge in [0, 0.05) is 33.5 Å². The van der Waals surface area contributed by atoms with Crippen LogP contribution in [0.15, 0.2) is 223 Å². The molecule has 0 fully saturated rings. The topological polar surface area (TPSA) is 55.1 Å². The number of fused-ring (bicyclic) bond motifs is 4. The molecular formula is C55H36N4O. The second-order valence-corrected chi connectivity index (χ2v) is 14.8. The molecule has 0 bridgehead atoms. The van der Waals surface area contributed by atoms with E-state index >= 15 is 0 Å². The van der Waals surface area contributed by atoms with Crippen LogP contribution < -0.4 is 4.90 Å². The number of para-hydroxylation sites is 1. The summed E-state index contributed by atoms with van der Waals surface area (Å²) < 4.78 is 6.70. The minimum Gasteiger partial charge on any atom is -0.456 e. The molecule has 282 valence electrons. The lowest BCUT2D eigenvalue weighted by Gasteiger charge is -2.26. The van der Waals surface area contributed by atoms with Gasteiger partial charge in [-0.2, -0.15) is 0 Å². The van der Waals surface area contributed by atoms with Crippen LogP contribution >= 0.6 is 0 Å². The lowest BCUT2D eigenvalue weighted by atomic mass is 10.0. The van der Waals surface area contributed by atoms with Gasteiger partial charge in [0.25, 0.3) is 0 Å². The summed E-state index contributed by atoms with van der Waals surface area (Å²) in [6.07, 6.45) is 0. The Kier molecular flexibility index (Phi) is 8.75. The number of anilines is 3. The van der Waals surface area contributed by atoms with E-state index in [2.05, 4.69) is 199 Å². The van der Waals surface area contributed by atoms with Gasteiger partial charge in [-0.25, -0.2) is 15.0 Å². The maximum atomic E-state index is 6.70. The van der Waals surface area contributed by atoms with Crippen LogP contribution in [0.2, 0.25) is 0 Å².